The number of carbonyl (C=O) groups is 3. The van der Waals surface area contributed by atoms with E-state index in [1.165, 1.54) is 0 Å². The highest BCUT2D eigenvalue weighted by molar-refractivity contribution is 5.88. The summed E-state index contributed by atoms with van der Waals surface area (Å²) in [5.74, 6) is -6.42. The molecule has 0 aliphatic heterocycles. The highest BCUT2D eigenvalue weighted by atomic mass is 16.5. The van der Waals surface area contributed by atoms with E-state index in [-0.39, 0.29) is 5.92 Å². The van der Waals surface area contributed by atoms with Crippen LogP contribution in [0.1, 0.15) is 65.7 Å². The molecule has 0 aromatic rings. The molecule has 0 aliphatic carbocycles. The number of aliphatic hydroxyl groups is 3. The van der Waals surface area contributed by atoms with Crippen LogP contribution in [0, 0.1) is 5.92 Å². The highest BCUT2D eigenvalue weighted by Crippen LogP contribution is 2.26. The van der Waals surface area contributed by atoms with E-state index in [0.717, 1.165) is 25.7 Å². The molecule has 1 unspecified atom stereocenters. The zero-order valence-corrected chi connectivity index (χ0v) is 14.9. The van der Waals surface area contributed by atoms with Gasteiger partial charge in [0.05, 0.1) is 12.8 Å². The molecule has 0 bridgehead atoms. The predicted octanol–water partition coefficient (Wildman–Crippen LogP) is 1.05. The van der Waals surface area contributed by atoms with Gasteiger partial charge in [0.15, 0.2) is 11.4 Å². The minimum absolute atomic E-state index is 0.0439. The summed E-state index contributed by atoms with van der Waals surface area (Å²) in [7, 11) is 0. The lowest BCUT2D eigenvalue weighted by molar-refractivity contribution is -0.204. The molecule has 0 heterocycles. The standard InChI is InChI=1S/C10H22O2.C6H8O7/c1-4-7-8-9(5-2)10(11,12)6-3;7-3(8)1-6(13,5(11)12)2-4(9)10/h9,11-12H,4-8H2,1-3H3;13H,1-2H2,(H,7,8)(H,9,10)(H,11,12). The molecule has 6 N–H and O–H groups in total. The second-order valence-corrected chi connectivity index (χ2v) is 5.96. The fourth-order valence-corrected chi connectivity index (χ4v) is 2.22. The first-order valence-electron chi connectivity index (χ1n) is 8.20. The van der Waals surface area contributed by atoms with Gasteiger partial charge in [0.1, 0.15) is 0 Å². The van der Waals surface area contributed by atoms with Crippen LogP contribution in [0.15, 0.2) is 0 Å². The Hall–Kier alpha value is -1.71. The summed E-state index contributed by atoms with van der Waals surface area (Å²) >= 11 is 0. The summed E-state index contributed by atoms with van der Waals surface area (Å²) in [5.41, 5.74) is -2.74. The van der Waals surface area contributed by atoms with Crippen LogP contribution in [0.3, 0.4) is 0 Å². The van der Waals surface area contributed by atoms with Crippen molar-refractivity contribution in [2.45, 2.75) is 77.1 Å². The molecule has 0 aromatic carbocycles. The number of carboxylic acids is 3. The van der Waals surface area contributed by atoms with Gasteiger partial charge in [0.2, 0.25) is 0 Å². The zero-order valence-electron chi connectivity index (χ0n) is 14.9. The lowest BCUT2D eigenvalue weighted by Gasteiger charge is -2.29. The number of unbranched alkanes of at least 4 members (excludes halogenated alkanes) is 1. The van der Waals surface area contributed by atoms with Crippen LogP contribution >= 0.6 is 0 Å². The largest absolute Gasteiger partial charge is 0.481 e. The minimum Gasteiger partial charge on any atom is -0.481 e. The number of hydrogen-bond acceptors (Lipinski definition) is 6. The molecule has 0 saturated heterocycles. The number of aliphatic carboxylic acids is 3. The molecular weight excluding hydrogens is 336 g/mol. The van der Waals surface area contributed by atoms with Gasteiger partial charge in [-0.05, 0) is 19.3 Å². The smallest absolute Gasteiger partial charge is 0.336 e. The molecule has 0 spiro atoms. The number of hydrogen-bond donors (Lipinski definition) is 6. The van der Waals surface area contributed by atoms with E-state index in [2.05, 4.69) is 6.92 Å². The molecule has 0 rings (SSSR count). The van der Waals surface area contributed by atoms with Gasteiger partial charge in [-0.1, -0.05) is 33.6 Å². The molecular formula is C16H30O9. The summed E-state index contributed by atoms with van der Waals surface area (Å²) in [4.78, 5) is 30.5. The SMILES string of the molecule is CCCCC(CC)C(O)(O)CC.O=C(O)CC(O)(CC(=O)O)C(=O)O. The number of carboxylic acid groups (broad SMARTS) is 3. The molecule has 148 valence electrons. The lowest BCUT2D eigenvalue weighted by Crippen LogP contribution is -2.42. The Morgan fingerprint density at radius 1 is 0.880 bits per heavy atom. The summed E-state index contributed by atoms with van der Waals surface area (Å²) in [6, 6.07) is 0. The maximum Gasteiger partial charge on any atom is 0.336 e. The quantitative estimate of drug-likeness (QED) is 0.292. The summed E-state index contributed by atoms with van der Waals surface area (Å²) in [5, 5.41) is 52.9. The van der Waals surface area contributed by atoms with Gasteiger partial charge in [0.25, 0.3) is 0 Å². The van der Waals surface area contributed by atoms with Crippen LogP contribution < -0.4 is 0 Å². The van der Waals surface area contributed by atoms with Gasteiger partial charge in [-0.2, -0.15) is 0 Å². The van der Waals surface area contributed by atoms with Crippen LogP contribution in [0.2, 0.25) is 0 Å². The third-order valence-corrected chi connectivity index (χ3v) is 3.86. The van der Waals surface area contributed by atoms with Gasteiger partial charge in [-0.15, -0.1) is 0 Å². The van der Waals surface area contributed by atoms with E-state index < -0.39 is 42.1 Å². The van der Waals surface area contributed by atoms with Gasteiger partial charge in [0, 0.05) is 5.92 Å². The average molecular weight is 366 g/mol. The average Bonchev–Trinajstić information content (AvgIpc) is 2.46. The zero-order chi connectivity index (χ0) is 20.3. The maximum absolute atomic E-state index is 10.3. The van der Waals surface area contributed by atoms with E-state index in [0.29, 0.717) is 6.42 Å². The van der Waals surface area contributed by atoms with Crippen molar-refractivity contribution >= 4 is 17.9 Å². The van der Waals surface area contributed by atoms with Crippen molar-refractivity contribution in [2.24, 2.45) is 5.92 Å². The predicted molar refractivity (Wildman–Crippen MR) is 87.9 cm³/mol. The Morgan fingerprint density at radius 3 is 1.56 bits per heavy atom. The van der Waals surface area contributed by atoms with Crippen molar-refractivity contribution < 1.29 is 45.0 Å². The van der Waals surface area contributed by atoms with Crippen molar-refractivity contribution in [1.29, 1.82) is 0 Å². The molecule has 0 radical (unpaired) electrons. The van der Waals surface area contributed by atoms with Crippen molar-refractivity contribution in [3.63, 3.8) is 0 Å². The van der Waals surface area contributed by atoms with E-state index in [4.69, 9.17) is 20.4 Å². The van der Waals surface area contributed by atoms with E-state index in [1.54, 1.807) is 0 Å². The van der Waals surface area contributed by atoms with Crippen LogP contribution in [0.4, 0.5) is 0 Å². The fourth-order valence-electron chi connectivity index (χ4n) is 2.22. The molecule has 1 atom stereocenters. The van der Waals surface area contributed by atoms with Gasteiger partial charge >= 0.3 is 17.9 Å². The van der Waals surface area contributed by atoms with Crippen molar-refractivity contribution in [1.82, 2.24) is 0 Å². The Balaban J connectivity index is 0. The van der Waals surface area contributed by atoms with Crippen LogP contribution in [0.5, 0.6) is 0 Å². The topological polar surface area (TPSA) is 173 Å². The third kappa shape index (κ3) is 10.7. The van der Waals surface area contributed by atoms with Crippen LogP contribution in [0.25, 0.3) is 0 Å². The summed E-state index contributed by atoms with van der Waals surface area (Å²) in [6.07, 6.45) is 2.12. The first kappa shape index (κ1) is 25.5. The fraction of sp³-hybridized carbons (Fsp3) is 0.812. The highest BCUT2D eigenvalue weighted by Gasteiger charge is 2.40. The molecule has 25 heavy (non-hydrogen) atoms. The Kier molecular flexibility index (Phi) is 12.0. The first-order valence-corrected chi connectivity index (χ1v) is 8.20. The minimum atomic E-state index is -2.74. The maximum atomic E-state index is 10.3. The third-order valence-electron chi connectivity index (χ3n) is 3.86. The molecule has 0 aliphatic rings. The second kappa shape index (κ2) is 11.8. The van der Waals surface area contributed by atoms with E-state index in [1.807, 2.05) is 13.8 Å². The number of rotatable bonds is 11. The van der Waals surface area contributed by atoms with Gasteiger partial charge in [-0.25, -0.2) is 4.79 Å². The molecule has 0 saturated carbocycles. The normalized spacial score (nSPS) is 12.7. The van der Waals surface area contributed by atoms with Gasteiger partial charge in [-0.3, -0.25) is 9.59 Å². The van der Waals surface area contributed by atoms with Crippen molar-refractivity contribution in [3.8, 4) is 0 Å². The Morgan fingerprint density at radius 2 is 1.32 bits per heavy atom. The molecule has 0 aromatic heterocycles. The first-order chi connectivity index (χ1) is 11.4. The van der Waals surface area contributed by atoms with Crippen LogP contribution in [-0.4, -0.2) is 59.9 Å². The second-order valence-electron chi connectivity index (χ2n) is 5.96. The van der Waals surface area contributed by atoms with Crippen molar-refractivity contribution in [2.75, 3.05) is 0 Å². The van der Waals surface area contributed by atoms with Crippen molar-refractivity contribution in [3.05, 3.63) is 0 Å². The summed E-state index contributed by atoms with van der Waals surface area (Å²) in [6.45, 7) is 5.95. The van der Waals surface area contributed by atoms with Gasteiger partial charge < -0.3 is 30.6 Å². The van der Waals surface area contributed by atoms with E-state index >= 15 is 0 Å². The molecule has 9 heteroatoms. The van der Waals surface area contributed by atoms with Crippen LogP contribution in [-0.2, 0) is 14.4 Å². The Labute approximate surface area is 146 Å². The molecule has 0 fully saturated rings. The lowest BCUT2D eigenvalue weighted by atomic mass is 9.89. The monoisotopic (exact) mass is 366 g/mol. The molecule has 0 amide bonds. The Bertz CT molecular complexity index is 415. The van der Waals surface area contributed by atoms with E-state index in [9.17, 15) is 24.6 Å². The molecule has 9 nitrogen and oxygen atoms in total. The summed E-state index contributed by atoms with van der Waals surface area (Å²) < 4.78 is 0.